The van der Waals surface area contributed by atoms with E-state index < -0.39 is 5.97 Å². The van der Waals surface area contributed by atoms with Gasteiger partial charge in [-0.1, -0.05) is 72.8 Å². The van der Waals surface area contributed by atoms with Gasteiger partial charge in [-0.05, 0) is 18.1 Å². The summed E-state index contributed by atoms with van der Waals surface area (Å²) in [6, 6.07) is 20.0. The third kappa shape index (κ3) is 8.75. The van der Waals surface area contributed by atoms with Crippen LogP contribution < -0.4 is 0 Å². The highest BCUT2D eigenvalue weighted by atomic mass is 16.6. The summed E-state index contributed by atoms with van der Waals surface area (Å²) in [5.41, 5.74) is 2.17. The Morgan fingerprint density at radius 1 is 0.893 bits per heavy atom. The Hall–Kier alpha value is -2.76. The molecule has 0 aliphatic carbocycles. The molecule has 0 saturated heterocycles. The van der Waals surface area contributed by atoms with E-state index in [4.69, 9.17) is 14.2 Å². The van der Waals surface area contributed by atoms with E-state index in [0.29, 0.717) is 13.2 Å². The molecular formula is C23H26O5. The fourth-order valence-electron chi connectivity index (χ4n) is 2.47. The summed E-state index contributed by atoms with van der Waals surface area (Å²) in [4.78, 5) is 22.0. The van der Waals surface area contributed by atoms with Gasteiger partial charge in [0.15, 0.2) is 0 Å². The van der Waals surface area contributed by atoms with Gasteiger partial charge in [0.1, 0.15) is 24.9 Å². The summed E-state index contributed by atoms with van der Waals surface area (Å²) < 4.78 is 16.3. The first-order valence-corrected chi connectivity index (χ1v) is 9.28. The van der Waals surface area contributed by atoms with E-state index in [0.717, 1.165) is 11.1 Å². The van der Waals surface area contributed by atoms with E-state index in [9.17, 15) is 9.59 Å². The summed E-state index contributed by atoms with van der Waals surface area (Å²) in [7, 11) is 0. The number of ether oxygens (including phenoxy) is 3. The predicted octanol–water partition coefficient (Wildman–Crippen LogP) is 4.00. The smallest absolute Gasteiger partial charge is 0.313 e. The van der Waals surface area contributed by atoms with E-state index in [2.05, 4.69) is 0 Å². The molecule has 0 amide bonds. The second-order valence-corrected chi connectivity index (χ2v) is 6.18. The minimum atomic E-state index is -0.525. The molecular weight excluding hydrogens is 356 g/mol. The normalized spacial score (nSPS) is 12.0. The van der Waals surface area contributed by atoms with E-state index in [-0.39, 0.29) is 31.5 Å². The monoisotopic (exact) mass is 382 g/mol. The molecule has 0 aliphatic heterocycles. The largest absolute Gasteiger partial charge is 0.463 e. The first-order valence-electron chi connectivity index (χ1n) is 9.28. The fraction of sp³-hybridized carbons (Fsp3) is 0.304. The average Bonchev–Trinajstić information content (AvgIpc) is 2.70. The van der Waals surface area contributed by atoms with Crippen LogP contribution in [0.3, 0.4) is 0 Å². The maximum Gasteiger partial charge on any atom is 0.313 e. The molecule has 0 N–H and O–H groups in total. The summed E-state index contributed by atoms with van der Waals surface area (Å²) in [5, 5.41) is 0. The highest BCUT2D eigenvalue weighted by molar-refractivity contribution is 5.94. The number of rotatable bonds is 12. The molecule has 2 aromatic carbocycles. The lowest BCUT2D eigenvalue weighted by Crippen LogP contribution is -2.15. The van der Waals surface area contributed by atoms with Crippen LogP contribution in [0.25, 0.3) is 6.08 Å². The number of carbonyl (C=O) groups is 2. The number of hydrogen-bond acceptors (Lipinski definition) is 5. The van der Waals surface area contributed by atoms with Crippen LogP contribution in [-0.2, 0) is 23.8 Å². The molecule has 2 rings (SSSR count). The zero-order valence-corrected chi connectivity index (χ0v) is 16.1. The van der Waals surface area contributed by atoms with Crippen LogP contribution in [0.1, 0.15) is 30.6 Å². The molecule has 5 nitrogen and oxygen atoms in total. The number of Topliss-reactive ketones (excluding diaryl/α,β-unsaturated/α-hetero) is 1. The zero-order chi connectivity index (χ0) is 20.0. The van der Waals surface area contributed by atoms with Crippen molar-refractivity contribution in [3.05, 3.63) is 77.9 Å². The highest BCUT2D eigenvalue weighted by Crippen LogP contribution is 2.20. The number of carbonyl (C=O) groups excluding carboxylic acids is 2. The maximum atomic E-state index is 11.2. The van der Waals surface area contributed by atoms with Gasteiger partial charge in [0, 0.05) is 0 Å². The van der Waals surface area contributed by atoms with Gasteiger partial charge in [-0.2, -0.15) is 0 Å². The SMILES string of the molecule is CC(=O)CC(=O)OCCOCCOC(/C=C/c1ccccc1)c1ccccc1. The van der Waals surface area contributed by atoms with Crippen LogP contribution in [0.5, 0.6) is 0 Å². The molecule has 0 saturated carbocycles. The molecule has 1 atom stereocenters. The molecule has 5 heteroatoms. The Balaban J connectivity index is 1.75. The van der Waals surface area contributed by atoms with Gasteiger partial charge >= 0.3 is 5.97 Å². The third-order valence-corrected chi connectivity index (χ3v) is 3.80. The van der Waals surface area contributed by atoms with Gasteiger partial charge in [0.2, 0.25) is 0 Å². The topological polar surface area (TPSA) is 61.8 Å². The molecule has 0 aliphatic rings. The van der Waals surface area contributed by atoms with Crippen molar-refractivity contribution >= 4 is 17.8 Å². The third-order valence-electron chi connectivity index (χ3n) is 3.80. The second-order valence-electron chi connectivity index (χ2n) is 6.18. The molecule has 0 radical (unpaired) electrons. The second kappa shape index (κ2) is 12.6. The summed E-state index contributed by atoms with van der Waals surface area (Å²) in [6.45, 7) is 2.53. The molecule has 0 aromatic heterocycles. The van der Waals surface area contributed by atoms with E-state index in [1.807, 2.05) is 72.8 Å². The van der Waals surface area contributed by atoms with E-state index in [1.165, 1.54) is 6.92 Å². The van der Waals surface area contributed by atoms with Crippen LogP contribution in [-0.4, -0.2) is 38.2 Å². The number of esters is 1. The van der Waals surface area contributed by atoms with Gasteiger partial charge in [0.05, 0.1) is 19.8 Å². The Kier molecular flexibility index (Phi) is 9.69. The van der Waals surface area contributed by atoms with Gasteiger partial charge < -0.3 is 14.2 Å². The fourth-order valence-corrected chi connectivity index (χ4v) is 2.47. The van der Waals surface area contributed by atoms with Gasteiger partial charge in [-0.3, -0.25) is 9.59 Å². The van der Waals surface area contributed by atoms with Gasteiger partial charge in [-0.15, -0.1) is 0 Å². The van der Waals surface area contributed by atoms with Gasteiger partial charge in [0.25, 0.3) is 0 Å². The van der Waals surface area contributed by atoms with Crippen molar-refractivity contribution in [3.63, 3.8) is 0 Å². The first-order chi connectivity index (χ1) is 13.6. The predicted molar refractivity (Wildman–Crippen MR) is 108 cm³/mol. The Morgan fingerprint density at radius 3 is 2.21 bits per heavy atom. The van der Waals surface area contributed by atoms with Crippen LogP contribution in [0, 0.1) is 0 Å². The van der Waals surface area contributed by atoms with E-state index in [1.54, 1.807) is 0 Å². The van der Waals surface area contributed by atoms with Crippen molar-refractivity contribution < 1.29 is 23.8 Å². The van der Waals surface area contributed by atoms with Crippen molar-refractivity contribution in [3.8, 4) is 0 Å². The lowest BCUT2D eigenvalue weighted by molar-refractivity contribution is -0.147. The molecule has 2 aromatic rings. The highest BCUT2D eigenvalue weighted by Gasteiger charge is 2.08. The summed E-state index contributed by atoms with van der Waals surface area (Å²) >= 11 is 0. The standard InChI is InChI=1S/C23H26O5/c1-19(24)18-23(25)28-17-15-26-14-16-27-22(21-10-6-3-7-11-21)13-12-20-8-4-2-5-9-20/h2-13,22H,14-18H2,1H3/b13-12+. The molecule has 0 fully saturated rings. The minimum absolute atomic E-state index is 0.127. The Morgan fingerprint density at radius 2 is 1.54 bits per heavy atom. The zero-order valence-electron chi connectivity index (χ0n) is 16.1. The quantitative estimate of drug-likeness (QED) is 0.315. The molecule has 28 heavy (non-hydrogen) atoms. The van der Waals surface area contributed by atoms with Crippen LogP contribution in [0.4, 0.5) is 0 Å². The molecule has 0 bridgehead atoms. The van der Waals surface area contributed by atoms with E-state index >= 15 is 0 Å². The lowest BCUT2D eigenvalue weighted by Gasteiger charge is -2.15. The summed E-state index contributed by atoms with van der Waals surface area (Å²) in [6.07, 6.45) is 3.68. The Labute approximate surface area is 165 Å². The molecule has 0 heterocycles. The van der Waals surface area contributed by atoms with Crippen LogP contribution in [0.2, 0.25) is 0 Å². The number of benzene rings is 2. The maximum absolute atomic E-state index is 11.2. The van der Waals surface area contributed by atoms with Crippen molar-refractivity contribution in [1.82, 2.24) is 0 Å². The average molecular weight is 382 g/mol. The van der Waals surface area contributed by atoms with Crippen molar-refractivity contribution in [2.24, 2.45) is 0 Å². The molecule has 148 valence electrons. The van der Waals surface area contributed by atoms with Crippen LogP contribution in [0.15, 0.2) is 66.7 Å². The van der Waals surface area contributed by atoms with Gasteiger partial charge in [-0.25, -0.2) is 0 Å². The Bertz CT molecular complexity index is 740. The lowest BCUT2D eigenvalue weighted by atomic mass is 10.1. The molecule has 0 spiro atoms. The summed E-state index contributed by atoms with van der Waals surface area (Å²) in [5.74, 6) is -0.739. The number of hydrogen-bond donors (Lipinski definition) is 0. The molecule has 1 unspecified atom stereocenters. The van der Waals surface area contributed by atoms with Crippen molar-refractivity contribution in [2.75, 3.05) is 26.4 Å². The van der Waals surface area contributed by atoms with Crippen molar-refractivity contribution in [2.45, 2.75) is 19.4 Å². The first kappa shape index (κ1) is 21.5. The number of ketones is 1. The minimum Gasteiger partial charge on any atom is -0.463 e. The van der Waals surface area contributed by atoms with Crippen LogP contribution >= 0.6 is 0 Å². The van der Waals surface area contributed by atoms with Crippen molar-refractivity contribution in [1.29, 1.82) is 0 Å².